The zero-order valence-corrected chi connectivity index (χ0v) is 20.8. The summed E-state index contributed by atoms with van der Waals surface area (Å²) in [6.07, 6.45) is -0.248. The van der Waals surface area contributed by atoms with Crippen LogP contribution in [0, 0.1) is 13.8 Å². The van der Waals surface area contributed by atoms with Crippen LogP contribution in [0.2, 0.25) is 0 Å². The topological polar surface area (TPSA) is 127 Å². The largest absolute Gasteiger partial charge is 0.394 e. The van der Waals surface area contributed by atoms with E-state index in [0.29, 0.717) is 22.3 Å². The highest BCUT2D eigenvalue weighted by atomic mass is 16.3. The molecule has 0 atom stereocenters. The number of hydrogen-bond acceptors (Lipinski definition) is 6. The van der Waals surface area contributed by atoms with E-state index >= 15 is 0 Å². The summed E-state index contributed by atoms with van der Waals surface area (Å²) in [5, 5.41) is 30.8. The number of benzene rings is 3. The number of nitrogens with zero attached hydrogens (tertiary/aromatic N) is 1. The van der Waals surface area contributed by atoms with Crippen molar-refractivity contribution < 1.29 is 29.7 Å². The third-order valence-corrected chi connectivity index (χ3v) is 6.92. The lowest BCUT2D eigenvalue weighted by Gasteiger charge is -2.28. The van der Waals surface area contributed by atoms with E-state index in [-0.39, 0.29) is 13.0 Å². The Bertz CT molecular complexity index is 1240. The highest BCUT2D eigenvalue weighted by Gasteiger charge is 2.41. The van der Waals surface area contributed by atoms with Gasteiger partial charge in [-0.2, -0.15) is 0 Å². The van der Waals surface area contributed by atoms with Gasteiger partial charge in [0.25, 0.3) is 11.8 Å². The van der Waals surface area contributed by atoms with Gasteiger partial charge in [-0.15, -0.1) is 0 Å². The van der Waals surface area contributed by atoms with Crippen LogP contribution in [0.3, 0.4) is 0 Å². The van der Waals surface area contributed by atoms with Crippen molar-refractivity contribution in [3.63, 3.8) is 0 Å². The van der Waals surface area contributed by atoms with Crippen LogP contribution in [0.4, 0.5) is 0 Å². The Morgan fingerprint density at radius 1 is 0.730 bits per heavy atom. The summed E-state index contributed by atoms with van der Waals surface area (Å²) in [6.45, 7) is 1.50. The summed E-state index contributed by atoms with van der Waals surface area (Å²) in [7, 11) is 0. The third-order valence-electron chi connectivity index (χ3n) is 6.92. The second-order valence-electron chi connectivity index (χ2n) is 9.30. The molecule has 1 heterocycles. The van der Waals surface area contributed by atoms with Gasteiger partial charge in [0.1, 0.15) is 5.54 Å². The molecular formula is C29H30N2O6. The minimum Gasteiger partial charge on any atom is -0.394 e. The fraction of sp³-hybridized carbons (Fsp3) is 0.276. The summed E-state index contributed by atoms with van der Waals surface area (Å²) >= 11 is 0. The molecule has 0 spiro atoms. The average Bonchev–Trinajstić information content (AvgIpc) is 3.18. The molecule has 37 heavy (non-hydrogen) atoms. The molecule has 3 aromatic rings. The smallest absolute Gasteiger partial charge is 0.261 e. The minimum atomic E-state index is -1.58. The van der Waals surface area contributed by atoms with E-state index in [1.807, 2.05) is 74.5 Å². The summed E-state index contributed by atoms with van der Waals surface area (Å²) in [6, 6.07) is 19.4. The van der Waals surface area contributed by atoms with E-state index in [1.54, 1.807) is 0 Å². The SMILES string of the molecule is Cc1c2c(c(C)c(-c3ccccc3)c1-c1ccccc1)C(=O)N(CCC(=O)NC(CO)(CO)CO)C2=O. The lowest BCUT2D eigenvalue weighted by Crippen LogP contribution is -2.57. The van der Waals surface area contributed by atoms with Gasteiger partial charge in [0, 0.05) is 13.0 Å². The van der Waals surface area contributed by atoms with Crippen LogP contribution in [0.1, 0.15) is 38.3 Å². The molecule has 0 aromatic heterocycles. The molecule has 0 saturated carbocycles. The fourth-order valence-corrected chi connectivity index (χ4v) is 4.87. The molecule has 4 N–H and O–H groups in total. The van der Waals surface area contributed by atoms with Gasteiger partial charge in [0.05, 0.1) is 30.9 Å². The number of carbonyl (C=O) groups excluding carboxylic acids is 3. The number of fused-ring (bicyclic) bond motifs is 1. The van der Waals surface area contributed by atoms with E-state index in [4.69, 9.17) is 0 Å². The average molecular weight is 503 g/mol. The molecule has 8 nitrogen and oxygen atoms in total. The fourth-order valence-electron chi connectivity index (χ4n) is 4.87. The molecule has 0 aliphatic carbocycles. The van der Waals surface area contributed by atoms with Gasteiger partial charge < -0.3 is 20.6 Å². The molecule has 0 unspecified atom stereocenters. The first-order valence-corrected chi connectivity index (χ1v) is 12.1. The maximum atomic E-state index is 13.5. The number of hydrogen-bond donors (Lipinski definition) is 4. The molecule has 4 rings (SSSR count). The molecule has 1 aliphatic rings. The van der Waals surface area contributed by atoms with Crippen LogP contribution in [0.5, 0.6) is 0 Å². The van der Waals surface area contributed by atoms with Crippen molar-refractivity contribution in [1.29, 1.82) is 0 Å². The summed E-state index contributed by atoms with van der Waals surface area (Å²) in [4.78, 5) is 40.6. The van der Waals surface area contributed by atoms with Crippen LogP contribution in [-0.2, 0) is 4.79 Å². The summed E-state index contributed by atoms with van der Waals surface area (Å²) in [5.74, 6) is -1.55. The van der Waals surface area contributed by atoms with Crippen molar-refractivity contribution >= 4 is 17.7 Å². The number of amides is 3. The van der Waals surface area contributed by atoms with Gasteiger partial charge in [-0.25, -0.2) is 0 Å². The second kappa shape index (κ2) is 10.6. The van der Waals surface area contributed by atoms with E-state index in [0.717, 1.165) is 27.2 Å². The maximum Gasteiger partial charge on any atom is 0.261 e. The molecule has 0 radical (unpaired) electrons. The Labute approximate surface area is 215 Å². The molecule has 0 bridgehead atoms. The number of aliphatic hydroxyl groups is 3. The number of rotatable bonds is 9. The Hall–Kier alpha value is -3.85. The number of aliphatic hydroxyl groups excluding tert-OH is 3. The van der Waals surface area contributed by atoms with Gasteiger partial charge in [0.15, 0.2) is 0 Å². The first-order valence-electron chi connectivity index (χ1n) is 12.1. The lowest BCUT2D eigenvalue weighted by atomic mass is 9.82. The van der Waals surface area contributed by atoms with Crippen molar-refractivity contribution in [2.75, 3.05) is 26.4 Å². The van der Waals surface area contributed by atoms with Crippen molar-refractivity contribution in [3.05, 3.63) is 82.9 Å². The highest BCUT2D eigenvalue weighted by Crippen LogP contribution is 2.43. The highest BCUT2D eigenvalue weighted by molar-refractivity contribution is 6.24. The number of nitrogens with one attached hydrogen (secondary N) is 1. The van der Waals surface area contributed by atoms with Crippen LogP contribution in [-0.4, -0.2) is 69.8 Å². The number of imide groups is 1. The van der Waals surface area contributed by atoms with Gasteiger partial charge in [-0.05, 0) is 47.2 Å². The van der Waals surface area contributed by atoms with Crippen molar-refractivity contribution in [1.82, 2.24) is 10.2 Å². The van der Waals surface area contributed by atoms with E-state index < -0.39 is 43.1 Å². The quantitative estimate of drug-likeness (QED) is 0.333. The van der Waals surface area contributed by atoms with E-state index in [9.17, 15) is 29.7 Å². The molecule has 3 amide bonds. The van der Waals surface area contributed by atoms with Gasteiger partial charge in [-0.1, -0.05) is 60.7 Å². The monoisotopic (exact) mass is 502 g/mol. The first kappa shape index (κ1) is 26.2. The Morgan fingerprint density at radius 3 is 1.51 bits per heavy atom. The van der Waals surface area contributed by atoms with Crippen LogP contribution >= 0.6 is 0 Å². The predicted octanol–water partition coefficient (Wildman–Crippen LogP) is 2.46. The van der Waals surface area contributed by atoms with Gasteiger partial charge in [-0.3, -0.25) is 19.3 Å². The van der Waals surface area contributed by atoms with Crippen molar-refractivity contribution in [2.45, 2.75) is 25.8 Å². The zero-order valence-electron chi connectivity index (χ0n) is 20.8. The Morgan fingerprint density at radius 2 is 1.14 bits per heavy atom. The third kappa shape index (κ3) is 4.67. The van der Waals surface area contributed by atoms with Crippen LogP contribution in [0.15, 0.2) is 60.7 Å². The molecule has 0 saturated heterocycles. The summed E-state index contributed by atoms with van der Waals surface area (Å²) in [5.41, 5.74) is 4.07. The molecular weight excluding hydrogens is 472 g/mol. The molecule has 3 aromatic carbocycles. The van der Waals surface area contributed by atoms with Gasteiger partial charge >= 0.3 is 0 Å². The van der Waals surface area contributed by atoms with Crippen molar-refractivity contribution in [2.24, 2.45) is 0 Å². The Balaban J connectivity index is 1.74. The minimum absolute atomic E-state index is 0.184. The first-order chi connectivity index (χ1) is 17.8. The Kier molecular flexibility index (Phi) is 7.54. The number of carbonyl (C=O) groups is 3. The standard InChI is InChI=1S/C29H30N2O6/c1-18-23(20-9-5-3-6-10-20)24(21-11-7-4-8-12-21)19(2)26-25(18)27(36)31(28(26)37)14-13-22(35)30-29(15-32,16-33)17-34/h3-12,32-34H,13-17H2,1-2H3,(H,30,35). The molecule has 1 aliphatic heterocycles. The van der Waals surface area contributed by atoms with Crippen LogP contribution in [0.25, 0.3) is 22.3 Å². The predicted molar refractivity (Wildman–Crippen MR) is 139 cm³/mol. The molecule has 0 fully saturated rings. The van der Waals surface area contributed by atoms with Crippen molar-refractivity contribution in [3.8, 4) is 22.3 Å². The second-order valence-corrected chi connectivity index (χ2v) is 9.30. The van der Waals surface area contributed by atoms with Gasteiger partial charge in [0.2, 0.25) is 5.91 Å². The summed E-state index contributed by atoms with van der Waals surface area (Å²) < 4.78 is 0. The molecule has 8 heteroatoms. The molecule has 192 valence electrons. The van der Waals surface area contributed by atoms with E-state index in [2.05, 4.69) is 5.32 Å². The van der Waals surface area contributed by atoms with E-state index in [1.165, 1.54) is 0 Å². The normalized spacial score (nSPS) is 13.2. The van der Waals surface area contributed by atoms with Crippen LogP contribution < -0.4 is 5.32 Å². The maximum absolute atomic E-state index is 13.5. The lowest BCUT2D eigenvalue weighted by molar-refractivity contribution is -0.125. The zero-order chi connectivity index (χ0) is 26.7.